The molecule has 1 aliphatic heterocycles. The first-order valence-electron chi connectivity index (χ1n) is 7.01. The number of ether oxygens (including phenoxy) is 1. The number of benzene rings is 2. The molecule has 0 radical (unpaired) electrons. The SMILES string of the molecule is C[C@H]1C(=O)Nc2ccc(C(=O)COc3ccc(Cl)cc3Br)cc21. The molecule has 2 aromatic rings. The Morgan fingerprint density at radius 2 is 2.09 bits per heavy atom. The Hall–Kier alpha value is -1.85. The highest BCUT2D eigenvalue weighted by molar-refractivity contribution is 9.10. The summed E-state index contributed by atoms with van der Waals surface area (Å²) in [5, 5.41) is 3.37. The molecule has 0 aliphatic carbocycles. The van der Waals surface area contributed by atoms with Crippen LogP contribution in [-0.4, -0.2) is 18.3 Å². The largest absolute Gasteiger partial charge is 0.484 e. The Morgan fingerprint density at radius 3 is 2.83 bits per heavy atom. The number of hydrogen-bond donors (Lipinski definition) is 1. The molecule has 2 aromatic carbocycles. The van der Waals surface area contributed by atoms with E-state index in [1.807, 2.05) is 6.92 Å². The third kappa shape index (κ3) is 3.26. The minimum absolute atomic E-state index is 0.0501. The number of amides is 1. The van der Waals surface area contributed by atoms with Crippen molar-refractivity contribution in [3.05, 3.63) is 57.0 Å². The van der Waals surface area contributed by atoms with Crippen molar-refractivity contribution in [2.24, 2.45) is 0 Å². The summed E-state index contributed by atoms with van der Waals surface area (Å²) < 4.78 is 6.23. The molecule has 3 rings (SSSR count). The zero-order valence-electron chi connectivity index (χ0n) is 12.2. The second kappa shape index (κ2) is 6.34. The van der Waals surface area contributed by atoms with Crippen molar-refractivity contribution >= 4 is 44.9 Å². The van der Waals surface area contributed by atoms with Gasteiger partial charge in [0, 0.05) is 16.3 Å². The molecule has 1 heterocycles. The van der Waals surface area contributed by atoms with E-state index >= 15 is 0 Å². The molecule has 0 aromatic heterocycles. The number of rotatable bonds is 4. The minimum Gasteiger partial charge on any atom is -0.484 e. The van der Waals surface area contributed by atoms with Crippen molar-refractivity contribution in [1.29, 1.82) is 0 Å². The van der Waals surface area contributed by atoms with Gasteiger partial charge in [0.15, 0.2) is 12.4 Å². The van der Waals surface area contributed by atoms with Gasteiger partial charge in [-0.2, -0.15) is 0 Å². The fourth-order valence-electron chi connectivity index (χ4n) is 2.41. The molecule has 6 heteroatoms. The van der Waals surface area contributed by atoms with Gasteiger partial charge in [-0.15, -0.1) is 0 Å². The maximum absolute atomic E-state index is 12.3. The Kier molecular flexibility index (Phi) is 4.41. The maximum atomic E-state index is 12.3. The fraction of sp³-hybridized carbons (Fsp3) is 0.176. The molecule has 4 nitrogen and oxygen atoms in total. The first-order valence-corrected chi connectivity index (χ1v) is 8.18. The molecular weight excluding hydrogens is 382 g/mol. The highest BCUT2D eigenvalue weighted by atomic mass is 79.9. The average molecular weight is 395 g/mol. The van der Waals surface area contributed by atoms with Crippen molar-refractivity contribution in [1.82, 2.24) is 0 Å². The molecule has 0 spiro atoms. The summed E-state index contributed by atoms with van der Waals surface area (Å²) in [7, 11) is 0. The summed E-state index contributed by atoms with van der Waals surface area (Å²) in [5.41, 5.74) is 2.13. The Bertz CT molecular complexity index is 806. The van der Waals surface area contributed by atoms with Crippen LogP contribution in [0.5, 0.6) is 5.75 Å². The van der Waals surface area contributed by atoms with E-state index in [4.69, 9.17) is 16.3 Å². The van der Waals surface area contributed by atoms with Crippen molar-refractivity contribution in [3.63, 3.8) is 0 Å². The Morgan fingerprint density at radius 1 is 1.30 bits per heavy atom. The van der Waals surface area contributed by atoms with E-state index in [0.717, 1.165) is 11.3 Å². The monoisotopic (exact) mass is 393 g/mol. The molecule has 0 unspecified atom stereocenters. The molecule has 1 atom stereocenters. The van der Waals surface area contributed by atoms with E-state index in [9.17, 15) is 9.59 Å². The number of fused-ring (bicyclic) bond motifs is 1. The van der Waals surface area contributed by atoms with Crippen LogP contribution in [0.2, 0.25) is 5.02 Å². The highest BCUT2D eigenvalue weighted by Crippen LogP contribution is 2.33. The number of hydrogen-bond acceptors (Lipinski definition) is 3. The third-order valence-electron chi connectivity index (χ3n) is 3.74. The lowest BCUT2D eigenvalue weighted by atomic mass is 9.99. The molecule has 118 valence electrons. The molecule has 0 saturated heterocycles. The smallest absolute Gasteiger partial charge is 0.231 e. The van der Waals surface area contributed by atoms with Crippen molar-refractivity contribution in [3.8, 4) is 5.75 Å². The van der Waals surface area contributed by atoms with Gasteiger partial charge in [0.25, 0.3) is 0 Å². The zero-order chi connectivity index (χ0) is 16.6. The normalized spacial score (nSPS) is 16.0. The predicted molar refractivity (Wildman–Crippen MR) is 92.5 cm³/mol. The van der Waals surface area contributed by atoms with Gasteiger partial charge >= 0.3 is 0 Å². The lowest BCUT2D eigenvalue weighted by Gasteiger charge is -2.09. The summed E-state index contributed by atoms with van der Waals surface area (Å²) in [6.45, 7) is 1.73. The molecule has 1 N–H and O–H groups in total. The second-order valence-corrected chi connectivity index (χ2v) is 6.59. The molecular formula is C17H13BrClNO3. The first kappa shape index (κ1) is 16.0. The Labute approximate surface area is 146 Å². The molecule has 23 heavy (non-hydrogen) atoms. The number of Topliss-reactive ketones (excluding diaryl/α,β-unsaturated/α-hetero) is 1. The van der Waals surface area contributed by atoms with E-state index in [2.05, 4.69) is 21.2 Å². The molecule has 0 saturated carbocycles. The van der Waals surface area contributed by atoms with Crippen LogP contribution in [0, 0.1) is 0 Å². The number of halogens is 2. The number of carbonyl (C=O) groups excluding carboxylic acids is 2. The van der Waals surface area contributed by atoms with Crippen LogP contribution < -0.4 is 10.1 Å². The number of nitrogens with one attached hydrogen (secondary N) is 1. The summed E-state index contributed by atoms with van der Waals surface area (Å²) >= 11 is 9.21. The molecule has 0 fully saturated rings. The highest BCUT2D eigenvalue weighted by Gasteiger charge is 2.27. The van der Waals surface area contributed by atoms with E-state index in [-0.39, 0.29) is 24.2 Å². The summed E-state index contributed by atoms with van der Waals surface area (Å²) in [6.07, 6.45) is 0. The van der Waals surface area contributed by atoms with Gasteiger partial charge in [-0.1, -0.05) is 11.6 Å². The topological polar surface area (TPSA) is 55.4 Å². The van der Waals surface area contributed by atoms with E-state index in [1.54, 1.807) is 36.4 Å². The molecule has 1 amide bonds. The number of anilines is 1. The fourth-order valence-corrected chi connectivity index (χ4v) is 3.21. The molecule has 0 bridgehead atoms. The van der Waals surface area contributed by atoms with Gasteiger partial charge in [-0.05, 0) is 64.8 Å². The van der Waals surface area contributed by atoms with Gasteiger partial charge in [-0.25, -0.2) is 0 Å². The quantitative estimate of drug-likeness (QED) is 0.781. The van der Waals surface area contributed by atoms with E-state index in [0.29, 0.717) is 20.8 Å². The lowest BCUT2D eigenvalue weighted by molar-refractivity contribution is -0.116. The van der Waals surface area contributed by atoms with Crippen LogP contribution in [0.1, 0.15) is 28.8 Å². The van der Waals surface area contributed by atoms with Gasteiger partial charge < -0.3 is 10.1 Å². The van der Waals surface area contributed by atoms with Gasteiger partial charge in [0.05, 0.1) is 10.4 Å². The third-order valence-corrected chi connectivity index (χ3v) is 4.60. The summed E-state index contributed by atoms with van der Waals surface area (Å²) in [5.74, 6) is 0.102. The maximum Gasteiger partial charge on any atom is 0.231 e. The lowest BCUT2D eigenvalue weighted by Crippen LogP contribution is -2.12. The van der Waals surface area contributed by atoms with Crippen molar-refractivity contribution in [2.45, 2.75) is 12.8 Å². The zero-order valence-corrected chi connectivity index (χ0v) is 14.6. The van der Waals surface area contributed by atoms with Crippen molar-refractivity contribution < 1.29 is 14.3 Å². The second-order valence-electron chi connectivity index (χ2n) is 5.30. The molecule has 1 aliphatic rings. The van der Waals surface area contributed by atoms with Gasteiger partial charge in [0.2, 0.25) is 5.91 Å². The van der Waals surface area contributed by atoms with Crippen LogP contribution in [0.25, 0.3) is 0 Å². The van der Waals surface area contributed by atoms with Crippen LogP contribution in [-0.2, 0) is 4.79 Å². The summed E-state index contributed by atoms with van der Waals surface area (Å²) in [4.78, 5) is 24.0. The first-order chi connectivity index (χ1) is 11.0. The van der Waals surface area contributed by atoms with Crippen molar-refractivity contribution in [2.75, 3.05) is 11.9 Å². The van der Waals surface area contributed by atoms with Crippen LogP contribution in [0.3, 0.4) is 0 Å². The van der Waals surface area contributed by atoms with Crippen LogP contribution in [0.15, 0.2) is 40.9 Å². The van der Waals surface area contributed by atoms with Crippen LogP contribution in [0.4, 0.5) is 5.69 Å². The van der Waals surface area contributed by atoms with E-state index < -0.39 is 0 Å². The summed E-state index contributed by atoms with van der Waals surface area (Å²) in [6, 6.07) is 10.3. The van der Waals surface area contributed by atoms with Crippen LogP contribution >= 0.6 is 27.5 Å². The number of carbonyl (C=O) groups is 2. The van der Waals surface area contributed by atoms with E-state index in [1.165, 1.54) is 0 Å². The standard InChI is InChI=1S/C17H13BrClNO3/c1-9-12-6-10(2-4-14(12)20-17(9)22)15(21)8-23-16-5-3-11(19)7-13(16)18/h2-7,9H,8H2,1H3,(H,20,22)/t9-/m1/s1. The average Bonchev–Trinajstić information content (AvgIpc) is 2.80. The Balaban J connectivity index is 1.73. The predicted octanol–water partition coefficient (Wildman–Crippen LogP) is 4.42. The number of ketones is 1. The van der Waals surface area contributed by atoms with Gasteiger partial charge in [0.1, 0.15) is 5.75 Å². The minimum atomic E-state index is -0.246. The van der Waals surface area contributed by atoms with Gasteiger partial charge in [-0.3, -0.25) is 9.59 Å².